The molecule has 3 aromatic rings. The van der Waals surface area contributed by atoms with E-state index in [1.165, 1.54) is 4.88 Å². The summed E-state index contributed by atoms with van der Waals surface area (Å²) in [7, 11) is 0. The highest BCUT2D eigenvalue weighted by molar-refractivity contribution is 7.15. The van der Waals surface area contributed by atoms with Gasteiger partial charge in [0.1, 0.15) is 5.01 Å². The molecule has 0 atom stereocenters. The Labute approximate surface area is 158 Å². The fourth-order valence-electron chi connectivity index (χ4n) is 2.10. The Morgan fingerprint density at radius 3 is 2.48 bits per heavy atom. The van der Waals surface area contributed by atoms with E-state index in [2.05, 4.69) is 23.0 Å². The van der Waals surface area contributed by atoms with Gasteiger partial charge in [-0.15, -0.1) is 11.3 Å². The van der Waals surface area contributed by atoms with E-state index in [1.807, 2.05) is 56.4 Å². The average molecular weight is 375 g/mol. The molecular weight excluding hydrogens is 352 g/mol. The first-order valence-electron chi connectivity index (χ1n) is 8.33. The Balaban J connectivity index is 0.000000269. The molecule has 2 aromatic heterocycles. The quantitative estimate of drug-likeness (QED) is 0.553. The molecule has 0 bridgehead atoms. The first-order chi connectivity index (χ1) is 12.1. The van der Waals surface area contributed by atoms with E-state index in [-0.39, 0.29) is 0 Å². The van der Waals surface area contributed by atoms with Crippen LogP contribution in [0.25, 0.3) is 10.6 Å². The molecule has 25 heavy (non-hydrogen) atoms. The fourth-order valence-corrected chi connectivity index (χ4v) is 3.24. The smallest absolute Gasteiger partial charge is 0.124 e. The lowest BCUT2D eigenvalue weighted by Gasteiger charge is -1.99. The van der Waals surface area contributed by atoms with Crippen LogP contribution in [0, 0.1) is 6.92 Å². The molecule has 132 valence electrons. The van der Waals surface area contributed by atoms with Gasteiger partial charge in [-0.3, -0.25) is 4.98 Å². The number of benzene rings is 1. The fraction of sp³-hybridized carbons (Fsp3) is 0.300. The average Bonchev–Trinajstić information content (AvgIpc) is 3.02. The van der Waals surface area contributed by atoms with Gasteiger partial charge in [-0.25, -0.2) is 4.98 Å². The minimum atomic E-state index is 0.658. The maximum absolute atomic E-state index is 5.54. The third-order valence-corrected chi connectivity index (χ3v) is 4.92. The summed E-state index contributed by atoms with van der Waals surface area (Å²) >= 11 is 7.25. The number of nitrogens with zero attached hydrogens (tertiary/aromatic N) is 2. The van der Waals surface area contributed by atoms with Crippen molar-refractivity contribution in [1.29, 1.82) is 0 Å². The molecule has 0 radical (unpaired) electrons. The van der Waals surface area contributed by atoms with Crippen molar-refractivity contribution in [2.45, 2.75) is 33.8 Å². The molecule has 3 nitrogen and oxygen atoms in total. The molecule has 0 saturated carbocycles. The Hall–Kier alpha value is -1.75. The molecule has 1 aromatic carbocycles. The van der Waals surface area contributed by atoms with Crippen molar-refractivity contribution < 1.29 is 4.74 Å². The number of hydrogen-bond acceptors (Lipinski definition) is 4. The number of aromatic nitrogens is 2. The zero-order valence-electron chi connectivity index (χ0n) is 14.8. The summed E-state index contributed by atoms with van der Waals surface area (Å²) in [5.41, 5.74) is 3.32. The molecule has 2 heterocycles. The van der Waals surface area contributed by atoms with E-state index < -0.39 is 0 Å². The number of rotatable bonds is 5. The van der Waals surface area contributed by atoms with Gasteiger partial charge in [0.25, 0.3) is 0 Å². The van der Waals surface area contributed by atoms with Crippen LogP contribution in [0.5, 0.6) is 0 Å². The van der Waals surface area contributed by atoms with Crippen molar-refractivity contribution in [1.82, 2.24) is 9.97 Å². The van der Waals surface area contributed by atoms with Crippen LogP contribution in [0.1, 0.15) is 30.1 Å². The molecule has 3 rings (SSSR count). The van der Waals surface area contributed by atoms with Gasteiger partial charge in [0.05, 0.1) is 17.2 Å². The summed E-state index contributed by atoms with van der Waals surface area (Å²) in [6, 6.07) is 13.6. The van der Waals surface area contributed by atoms with Gasteiger partial charge in [-0.05, 0) is 44.5 Å². The van der Waals surface area contributed by atoms with Gasteiger partial charge in [0.2, 0.25) is 0 Å². The summed E-state index contributed by atoms with van der Waals surface area (Å²) in [6.45, 7) is 7.55. The standard InChI is InChI=1S/C14H18N2OS.C6H5Cl/c1-4-12-8-11(6-7-15-12)14-16-10(3)13(18-14)9-17-5-2;7-6-4-2-1-3-5-6/h6-8H,4-5,9H2,1-3H3;1-5H. The Morgan fingerprint density at radius 1 is 1.12 bits per heavy atom. The Bertz CT molecular complexity index is 774. The first kappa shape index (κ1) is 19.6. The van der Waals surface area contributed by atoms with Crippen LogP contribution in [0.3, 0.4) is 0 Å². The molecule has 0 fully saturated rings. The van der Waals surface area contributed by atoms with Crippen molar-refractivity contribution in [3.05, 3.63) is 69.9 Å². The highest BCUT2D eigenvalue weighted by Crippen LogP contribution is 2.28. The molecule has 0 aliphatic rings. The van der Waals surface area contributed by atoms with E-state index in [1.54, 1.807) is 11.3 Å². The number of halogens is 1. The molecule has 0 spiro atoms. The van der Waals surface area contributed by atoms with Crippen molar-refractivity contribution in [3.8, 4) is 10.6 Å². The van der Waals surface area contributed by atoms with Crippen molar-refractivity contribution >= 4 is 22.9 Å². The monoisotopic (exact) mass is 374 g/mol. The van der Waals surface area contributed by atoms with Gasteiger partial charge in [-0.1, -0.05) is 36.7 Å². The van der Waals surface area contributed by atoms with Gasteiger partial charge < -0.3 is 4.74 Å². The molecular formula is C20H23ClN2OS. The maximum Gasteiger partial charge on any atom is 0.124 e. The number of aryl methyl sites for hydroxylation is 2. The van der Waals surface area contributed by atoms with Crippen LogP contribution in [0.4, 0.5) is 0 Å². The number of thiazole rings is 1. The second-order valence-corrected chi connectivity index (χ2v) is 6.87. The molecule has 0 aliphatic heterocycles. The Morgan fingerprint density at radius 2 is 1.88 bits per heavy atom. The summed E-state index contributed by atoms with van der Waals surface area (Å²) in [6.07, 6.45) is 2.80. The molecule has 5 heteroatoms. The summed E-state index contributed by atoms with van der Waals surface area (Å²) in [5, 5.41) is 1.85. The predicted molar refractivity (Wildman–Crippen MR) is 106 cm³/mol. The van der Waals surface area contributed by atoms with Crippen molar-refractivity contribution in [3.63, 3.8) is 0 Å². The van der Waals surface area contributed by atoms with Crippen LogP contribution in [-0.4, -0.2) is 16.6 Å². The highest BCUT2D eigenvalue weighted by Gasteiger charge is 2.09. The Kier molecular flexibility index (Phi) is 8.06. The zero-order chi connectivity index (χ0) is 18.1. The summed E-state index contributed by atoms with van der Waals surface area (Å²) < 4.78 is 5.45. The zero-order valence-corrected chi connectivity index (χ0v) is 16.4. The van der Waals surface area contributed by atoms with E-state index in [0.29, 0.717) is 6.61 Å². The molecule has 0 N–H and O–H groups in total. The van der Waals surface area contributed by atoms with Gasteiger partial charge in [0, 0.05) is 29.1 Å². The van der Waals surface area contributed by atoms with Gasteiger partial charge in [-0.2, -0.15) is 0 Å². The topological polar surface area (TPSA) is 35.0 Å². The predicted octanol–water partition coefficient (Wildman–Crippen LogP) is 5.95. The minimum absolute atomic E-state index is 0.658. The SMILES string of the molecule is CCOCc1sc(-c2ccnc(CC)c2)nc1C.Clc1ccccc1. The normalized spacial score (nSPS) is 10.2. The van der Waals surface area contributed by atoms with E-state index >= 15 is 0 Å². The van der Waals surface area contributed by atoms with Crippen molar-refractivity contribution in [2.75, 3.05) is 6.61 Å². The lowest BCUT2D eigenvalue weighted by atomic mass is 10.2. The van der Waals surface area contributed by atoms with Crippen molar-refractivity contribution in [2.24, 2.45) is 0 Å². The first-order valence-corrected chi connectivity index (χ1v) is 9.53. The second kappa shape index (κ2) is 10.3. The summed E-state index contributed by atoms with van der Waals surface area (Å²) in [4.78, 5) is 10.1. The van der Waals surface area contributed by atoms with Crippen LogP contribution in [0.2, 0.25) is 5.02 Å². The van der Waals surface area contributed by atoms with E-state index in [0.717, 1.165) is 40.0 Å². The molecule has 0 amide bonds. The molecule has 0 unspecified atom stereocenters. The van der Waals surface area contributed by atoms with Crippen LogP contribution in [0.15, 0.2) is 48.7 Å². The lowest BCUT2D eigenvalue weighted by molar-refractivity contribution is 0.136. The van der Waals surface area contributed by atoms with Gasteiger partial charge >= 0.3 is 0 Å². The maximum atomic E-state index is 5.54. The number of hydrogen-bond donors (Lipinski definition) is 0. The third kappa shape index (κ3) is 6.24. The number of pyridine rings is 1. The largest absolute Gasteiger partial charge is 0.376 e. The highest BCUT2D eigenvalue weighted by atomic mass is 35.5. The van der Waals surface area contributed by atoms with Crippen LogP contribution >= 0.6 is 22.9 Å². The lowest BCUT2D eigenvalue weighted by Crippen LogP contribution is -1.90. The van der Waals surface area contributed by atoms with Gasteiger partial charge in [0.15, 0.2) is 0 Å². The molecule has 0 saturated heterocycles. The molecule has 0 aliphatic carbocycles. The van der Waals surface area contributed by atoms with E-state index in [9.17, 15) is 0 Å². The summed E-state index contributed by atoms with van der Waals surface area (Å²) in [5.74, 6) is 0. The van der Waals surface area contributed by atoms with Crippen LogP contribution < -0.4 is 0 Å². The van der Waals surface area contributed by atoms with Crippen LogP contribution in [-0.2, 0) is 17.8 Å². The minimum Gasteiger partial charge on any atom is -0.376 e. The number of ether oxygens (including phenoxy) is 1. The second-order valence-electron chi connectivity index (χ2n) is 5.35. The third-order valence-electron chi connectivity index (χ3n) is 3.49. The van der Waals surface area contributed by atoms with E-state index in [4.69, 9.17) is 16.3 Å².